The van der Waals surface area contributed by atoms with Gasteiger partial charge in [-0.15, -0.1) is 0 Å². The average Bonchev–Trinajstić information content (AvgIpc) is 2.41. The summed E-state index contributed by atoms with van der Waals surface area (Å²) in [5.74, 6) is -1.20. The van der Waals surface area contributed by atoms with Crippen molar-refractivity contribution < 1.29 is 40.7 Å². The van der Waals surface area contributed by atoms with Gasteiger partial charge in [0.15, 0.2) is 0 Å². The Morgan fingerprint density at radius 3 is 2.36 bits per heavy atom. The van der Waals surface area contributed by atoms with Gasteiger partial charge in [0.2, 0.25) is 6.10 Å². The Kier molecular flexibility index (Phi) is 5.39. The fraction of sp³-hybridized carbons (Fsp3) is 0.333. The summed E-state index contributed by atoms with van der Waals surface area (Å²) in [6.07, 6.45) is -11.9. The van der Waals surface area contributed by atoms with Crippen molar-refractivity contribution in [3.8, 4) is 0 Å². The van der Waals surface area contributed by atoms with Crippen LogP contribution in [0.25, 0.3) is 0 Å². The number of nitrogens with zero attached hydrogens (tertiary/aromatic N) is 1. The van der Waals surface area contributed by atoms with Gasteiger partial charge in [-0.2, -0.15) is 26.3 Å². The summed E-state index contributed by atoms with van der Waals surface area (Å²) in [5.41, 5.74) is -1.44. The fourth-order valence-corrected chi connectivity index (χ4v) is 1.38. The Bertz CT molecular complexity index is 553. The van der Waals surface area contributed by atoms with Crippen LogP contribution in [-0.2, 0) is 20.5 Å². The normalized spacial score (nSPS) is 14.0. The maximum Gasteiger partial charge on any atom is 0.429 e. The first-order valence-electron chi connectivity index (χ1n) is 5.56. The highest BCUT2D eigenvalue weighted by atomic mass is 19.4. The van der Waals surface area contributed by atoms with E-state index in [1.54, 1.807) is 0 Å². The van der Waals surface area contributed by atoms with Gasteiger partial charge in [-0.1, -0.05) is 17.3 Å². The van der Waals surface area contributed by atoms with Crippen molar-refractivity contribution in [2.45, 2.75) is 18.5 Å². The number of benzene rings is 1. The highest BCUT2D eigenvalue weighted by Gasteiger charge is 2.33. The van der Waals surface area contributed by atoms with Crippen molar-refractivity contribution in [1.82, 2.24) is 0 Å². The molecular formula is C12H9F6NO3. The number of alkyl halides is 6. The van der Waals surface area contributed by atoms with Gasteiger partial charge in [-0.3, -0.25) is 0 Å². The number of ether oxygens (including phenoxy) is 1. The molecule has 1 rings (SSSR count). The number of rotatable bonds is 4. The van der Waals surface area contributed by atoms with E-state index in [1.807, 2.05) is 0 Å². The van der Waals surface area contributed by atoms with Crippen LogP contribution in [0.15, 0.2) is 29.4 Å². The maximum absolute atomic E-state index is 12.6. The van der Waals surface area contributed by atoms with Crippen molar-refractivity contribution in [2.75, 3.05) is 7.11 Å². The van der Waals surface area contributed by atoms with Crippen LogP contribution in [0, 0.1) is 0 Å². The smallest absolute Gasteiger partial charge is 0.429 e. The molecule has 122 valence electrons. The second kappa shape index (κ2) is 6.67. The predicted octanol–water partition coefficient (Wildman–Crippen LogP) is 3.48. The van der Waals surface area contributed by atoms with Crippen LogP contribution in [0.1, 0.15) is 17.2 Å². The zero-order chi connectivity index (χ0) is 17.0. The summed E-state index contributed by atoms with van der Waals surface area (Å²) >= 11 is 0. The molecule has 0 N–H and O–H groups in total. The van der Waals surface area contributed by atoms with Crippen LogP contribution in [-0.4, -0.2) is 25.5 Å². The number of carbonyl (C=O) groups excluding carboxylic acids is 1. The molecule has 1 atom stereocenters. The minimum absolute atomic E-state index is 0.346. The Labute approximate surface area is 120 Å². The van der Waals surface area contributed by atoms with Gasteiger partial charge in [-0.25, -0.2) is 4.79 Å². The average molecular weight is 329 g/mol. The molecule has 4 nitrogen and oxygen atoms in total. The summed E-state index contributed by atoms with van der Waals surface area (Å²) in [6.45, 7) is 0. The Morgan fingerprint density at radius 1 is 1.23 bits per heavy atom. The monoisotopic (exact) mass is 329 g/mol. The molecule has 0 spiro atoms. The van der Waals surface area contributed by atoms with E-state index in [0.717, 1.165) is 25.3 Å². The first kappa shape index (κ1) is 17.8. The molecule has 10 heteroatoms. The van der Waals surface area contributed by atoms with Gasteiger partial charge in [0, 0.05) is 5.56 Å². The summed E-state index contributed by atoms with van der Waals surface area (Å²) < 4.78 is 77.8. The minimum atomic E-state index is -4.80. The number of carbonyl (C=O) groups is 1. The molecule has 0 aromatic heterocycles. The van der Waals surface area contributed by atoms with Crippen LogP contribution in [0.4, 0.5) is 26.3 Å². The molecule has 0 radical (unpaired) electrons. The van der Waals surface area contributed by atoms with Crippen molar-refractivity contribution in [1.29, 1.82) is 0 Å². The van der Waals surface area contributed by atoms with Crippen LogP contribution < -0.4 is 0 Å². The second-order valence-corrected chi connectivity index (χ2v) is 3.91. The Morgan fingerprint density at radius 2 is 1.86 bits per heavy atom. The first-order chi connectivity index (χ1) is 10.0. The molecular weight excluding hydrogens is 320 g/mol. The van der Waals surface area contributed by atoms with Crippen molar-refractivity contribution >= 4 is 12.2 Å². The van der Waals surface area contributed by atoms with Gasteiger partial charge in [-0.05, 0) is 12.1 Å². The van der Waals surface area contributed by atoms with Gasteiger partial charge < -0.3 is 9.57 Å². The third-order valence-electron chi connectivity index (χ3n) is 2.30. The standard InChI is InChI=1S/C12H9F6NO3/c1-21-10(20)9(22-19-6-11(13,14)15)7-3-2-4-8(5-7)12(16,17)18/h2-6,9H,1H3. The summed E-state index contributed by atoms with van der Waals surface area (Å²) in [5, 5.41) is 2.55. The van der Waals surface area contributed by atoms with E-state index in [0.29, 0.717) is 6.07 Å². The number of esters is 1. The van der Waals surface area contributed by atoms with Crippen LogP contribution in [0.2, 0.25) is 0 Å². The van der Waals surface area contributed by atoms with E-state index in [2.05, 4.69) is 14.7 Å². The topological polar surface area (TPSA) is 47.9 Å². The number of methoxy groups -OCH3 is 1. The maximum atomic E-state index is 12.6. The summed E-state index contributed by atoms with van der Waals surface area (Å²) in [6, 6.07) is 3.34. The zero-order valence-corrected chi connectivity index (χ0v) is 10.9. The molecule has 0 aliphatic rings. The molecule has 0 saturated carbocycles. The molecule has 0 aliphatic heterocycles. The fourth-order valence-electron chi connectivity index (χ4n) is 1.38. The molecule has 0 fully saturated rings. The van der Waals surface area contributed by atoms with E-state index in [1.165, 1.54) is 0 Å². The molecule has 1 aromatic rings. The van der Waals surface area contributed by atoms with Crippen molar-refractivity contribution in [3.63, 3.8) is 0 Å². The van der Waals surface area contributed by atoms with Gasteiger partial charge >= 0.3 is 18.3 Å². The summed E-state index contributed by atoms with van der Waals surface area (Å²) in [7, 11) is 0.903. The third kappa shape index (κ3) is 5.26. The van der Waals surface area contributed by atoms with E-state index >= 15 is 0 Å². The highest BCUT2D eigenvalue weighted by molar-refractivity contribution is 5.76. The molecule has 1 aromatic carbocycles. The van der Waals surface area contributed by atoms with E-state index in [9.17, 15) is 31.1 Å². The Hall–Kier alpha value is -2.26. The van der Waals surface area contributed by atoms with Crippen LogP contribution in [0.5, 0.6) is 0 Å². The molecule has 0 heterocycles. The molecule has 0 bridgehead atoms. The number of oxime groups is 1. The number of hydrogen-bond donors (Lipinski definition) is 0. The quantitative estimate of drug-likeness (QED) is 0.368. The summed E-state index contributed by atoms with van der Waals surface area (Å²) in [4.78, 5) is 15.8. The molecule has 22 heavy (non-hydrogen) atoms. The van der Waals surface area contributed by atoms with Gasteiger partial charge in [0.1, 0.15) is 6.21 Å². The first-order valence-corrected chi connectivity index (χ1v) is 5.56. The third-order valence-corrected chi connectivity index (χ3v) is 2.30. The van der Waals surface area contributed by atoms with E-state index < -0.39 is 36.2 Å². The Balaban J connectivity index is 3.08. The van der Waals surface area contributed by atoms with E-state index in [4.69, 9.17) is 0 Å². The molecule has 0 saturated heterocycles. The van der Waals surface area contributed by atoms with Crippen LogP contribution >= 0.6 is 0 Å². The number of hydrogen-bond acceptors (Lipinski definition) is 4. The SMILES string of the molecule is COC(=O)C(ON=CC(F)(F)F)c1cccc(C(F)(F)F)c1. The number of halogens is 6. The predicted molar refractivity (Wildman–Crippen MR) is 61.8 cm³/mol. The van der Waals surface area contributed by atoms with Crippen LogP contribution in [0.3, 0.4) is 0 Å². The lowest BCUT2D eigenvalue weighted by Gasteiger charge is -2.15. The molecule has 0 amide bonds. The lowest BCUT2D eigenvalue weighted by molar-refractivity contribution is -0.155. The molecule has 0 aliphatic carbocycles. The highest BCUT2D eigenvalue weighted by Crippen LogP contribution is 2.31. The van der Waals surface area contributed by atoms with Gasteiger partial charge in [0.05, 0.1) is 12.7 Å². The second-order valence-electron chi connectivity index (χ2n) is 3.91. The van der Waals surface area contributed by atoms with Gasteiger partial charge in [0.25, 0.3) is 0 Å². The molecule has 1 unspecified atom stereocenters. The zero-order valence-electron chi connectivity index (χ0n) is 10.9. The lowest BCUT2D eigenvalue weighted by atomic mass is 10.1. The largest absolute Gasteiger partial charge is 0.466 e. The lowest BCUT2D eigenvalue weighted by Crippen LogP contribution is -2.18. The van der Waals surface area contributed by atoms with Crippen molar-refractivity contribution in [3.05, 3.63) is 35.4 Å². The van der Waals surface area contributed by atoms with Crippen molar-refractivity contribution in [2.24, 2.45) is 5.16 Å². The van der Waals surface area contributed by atoms with E-state index in [-0.39, 0.29) is 5.56 Å². The minimum Gasteiger partial charge on any atom is -0.466 e.